The number of rotatable bonds is 0. The fraction of sp³-hybridized carbons (Fsp3) is 0.200. The molecule has 1 unspecified atom stereocenters. The van der Waals surface area contributed by atoms with Gasteiger partial charge >= 0.3 is 0 Å². The summed E-state index contributed by atoms with van der Waals surface area (Å²) in [5.41, 5.74) is 0.986. The van der Waals surface area contributed by atoms with Crippen LogP contribution >= 0.6 is 0 Å². The van der Waals surface area contributed by atoms with Gasteiger partial charge in [0.05, 0.1) is 0 Å². The number of aromatic hydroxyl groups is 1. The molecule has 1 fully saturated rings. The number of hydrogen-bond donors (Lipinski definition) is 1. The number of carbonyl (C=O) groups is 2. The van der Waals surface area contributed by atoms with Crippen LogP contribution in [0, 0.1) is 5.92 Å². The van der Waals surface area contributed by atoms with Gasteiger partial charge in [0.15, 0.2) is 5.78 Å². The van der Waals surface area contributed by atoms with E-state index in [1.807, 2.05) is 24.3 Å². The molecule has 0 aromatic heterocycles. The van der Waals surface area contributed by atoms with Gasteiger partial charge in [-0.15, -0.1) is 0 Å². The molecule has 1 atom stereocenters. The minimum atomic E-state index is -0.310. The average Bonchev–Trinajstić information content (AvgIpc) is 2.49. The molecule has 2 aliphatic rings. The van der Waals surface area contributed by atoms with Crippen molar-refractivity contribution in [1.29, 1.82) is 0 Å². The third kappa shape index (κ3) is 1.68. The van der Waals surface area contributed by atoms with Crippen LogP contribution in [0.1, 0.15) is 12.8 Å². The molecule has 1 saturated carbocycles. The minimum absolute atomic E-state index is 0.0113. The Morgan fingerprint density at radius 1 is 1.17 bits per heavy atom. The number of hydrogen-bond acceptors (Lipinski definition) is 3. The third-order valence-corrected chi connectivity index (χ3v) is 3.52. The molecule has 1 aromatic carbocycles. The highest BCUT2D eigenvalue weighted by Crippen LogP contribution is 2.27. The summed E-state index contributed by atoms with van der Waals surface area (Å²) in [5.74, 6) is -0.376. The SMILES string of the molecule is O=C1CC2=c3ccc(O)cc3=CC=CC2CC1=O. The summed E-state index contributed by atoms with van der Waals surface area (Å²) in [6.07, 6.45) is 6.20. The Labute approximate surface area is 104 Å². The van der Waals surface area contributed by atoms with E-state index in [-0.39, 0.29) is 36.1 Å². The summed E-state index contributed by atoms with van der Waals surface area (Å²) >= 11 is 0. The summed E-state index contributed by atoms with van der Waals surface area (Å²) in [6, 6.07) is 5.11. The number of ketones is 2. The van der Waals surface area contributed by atoms with Crippen molar-refractivity contribution >= 4 is 23.2 Å². The summed E-state index contributed by atoms with van der Waals surface area (Å²) in [5, 5.41) is 11.4. The van der Waals surface area contributed by atoms with Crippen molar-refractivity contribution in [1.82, 2.24) is 0 Å². The Kier molecular flexibility index (Phi) is 2.40. The molecule has 0 spiro atoms. The highest BCUT2D eigenvalue weighted by molar-refractivity contribution is 6.40. The van der Waals surface area contributed by atoms with Crippen molar-refractivity contribution < 1.29 is 14.7 Å². The van der Waals surface area contributed by atoms with Crippen LogP contribution in [0.15, 0.2) is 30.4 Å². The van der Waals surface area contributed by atoms with E-state index < -0.39 is 0 Å². The quantitative estimate of drug-likeness (QED) is 0.669. The summed E-state index contributed by atoms with van der Waals surface area (Å²) in [7, 11) is 0. The second-order valence-corrected chi connectivity index (χ2v) is 4.68. The Morgan fingerprint density at radius 2 is 2.00 bits per heavy atom. The first-order chi connectivity index (χ1) is 8.65. The van der Waals surface area contributed by atoms with E-state index in [0.717, 1.165) is 16.0 Å². The predicted molar refractivity (Wildman–Crippen MR) is 67.1 cm³/mol. The zero-order valence-electron chi connectivity index (χ0n) is 9.72. The molecule has 0 aliphatic heterocycles. The molecule has 90 valence electrons. The highest BCUT2D eigenvalue weighted by atomic mass is 16.3. The second-order valence-electron chi connectivity index (χ2n) is 4.68. The molecule has 3 heteroatoms. The smallest absolute Gasteiger partial charge is 0.202 e. The average molecular weight is 240 g/mol. The maximum atomic E-state index is 11.6. The van der Waals surface area contributed by atoms with E-state index >= 15 is 0 Å². The monoisotopic (exact) mass is 240 g/mol. The Bertz CT molecular complexity index is 695. The van der Waals surface area contributed by atoms with Crippen LogP contribution < -0.4 is 10.4 Å². The first-order valence-electron chi connectivity index (χ1n) is 5.92. The van der Waals surface area contributed by atoms with Gasteiger partial charge in [0.25, 0.3) is 0 Å². The van der Waals surface area contributed by atoms with Crippen molar-refractivity contribution in [3.05, 3.63) is 40.8 Å². The van der Waals surface area contributed by atoms with Crippen molar-refractivity contribution in [3.63, 3.8) is 0 Å². The Hall–Kier alpha value is -2.16. The Morgan fingerprint density at radius 3 is 2.83 bits per heavy atom. The fourth-order valence-electron chi connectivity index (χ4n) is 2.59. The third-order valence-electron chi connectivity index (χ3n) is 3.52. The second kappa shape index (κ2) is 3.95. The fourth-order valence-corrected chi connectivity index (χ4v) is 2.59. The first kappa shape index (κ1) is 11.0. The largest absolute Gasteiger partial charge is 0.508 e. The molecule has 0 amide bonds. The zero-order chi connectivity index (χ0) is 12.7. The maximum absolute atomic E-state index is 11.6. The number of Topliss-reactive ketones (excluding diaryl/α,β-unsaturated/α-hetero) is 2. The van der Waals surface area contributed by atoms with E-state index in [1.54, 1.807) is 12.1 Å². The van der Waals surface area contributed by atoms with Crippen molar-refractivity contribution in [2.45, 2.75) is 12.8 Å². The molecule has 1 aromatic rings. The molecule has 3 nitrogen and oxygen atoms in total. The van der Waals surface area contributed by atoms with Crippen molar-refractivity contribution in [2.24, 2.45) is 5.92 Å². The van der Waals surface area contributed by atoms with Gasteiger partial charge in [0.2, 0.25) is 5.78 Å². The number of fused-ring (bicyclic) bond motifs is 2. The summed E-state index contributed by atoms with van der Waals surface area (Å²) in [4.78, 5) is 23.1. The number of phenolic OH excluding ortho intramolecular Hbond substituents is 1. The van der Waals surface area contributed by atoms with E-state index in [0.29, 0.717) is 0 Å². The zero-order valence-corrected chi connectivity index (χ0v) is 9.72. The van der Waals surface area contributed by atoms with E-state index in [1.165, 1.54) is 0 Å². The molecule has 2 aliphatic carbocycles. The van der Waals surface area contributed by atoms with E-state index in [2.05, 4.69) is 0 Å². The van der Waals surface area contributed by atoms with E-state index in [9.17, 15) is 14.7 Å². The van der Waals surface area contributed by atoms with Gasteiger partial charge in [0, 0.05) is 18.8 Å². The lowest BCUT2D eigenvalue weighted by molar-refractivity contribution is -0.137. The summed E-state index contributed by atoms with van der Waals surface area (Å²) in [6.45, 7) is 0. The van der Waals surface area contributed by atoms with Gasteiger partial charge in [0.1, 0.15) is 5.75 Å². The van der Waals surface area contributed by atoms with Crippen LogP contribution in [-0.2, 0) is 9.59 Å². The minimum Gasteiger partial charge on any atom is -0.508 e. The molecule has 18 heavy (non-hydrogen) atoms. The maximum Gasteiger partial charge on any atom is 0.202 e. The molecule has 0 heterocycles. The van der Waals surface area contributed by atoms with Crippen molar-refractivity contribution in [3.8, 4) is 5.75 Å². The molecule has 3 rings (SSSR count). The van der Waals surface area contributed by atoms with Crippen LogP contribution in [0.2, 0.25) is 0 Å². The first-order valence-corrected chi connectivity index (χ1v) is 5.92. The lowest BCUT2D eigenvalue weighted by Gasteiger charge is -2.20. The van der Waals surface area contributed by atoms with Crippen molar-refractivity contribution in [2.75, 3.05) is 0 Å². The van der Waals surface area contributed by atoms with Crippen LogP contribution in [0.4, 0.5) is 0 Å². The van der Waals surface area contributed by atoms with Gasteiger partial charge in [-0.05, 0) is 28.1 Å². The van der Waals surface area contributed by atoms with Gasteiger partial charge in [-0.3, -0.25) is 9.59 Å². The molecular weight excluding hydrogens is 228 g/mol. The molecule has 0 bridgehead atoms. The van der Waals surface area contributed by atoms with Gasteiger partial charge in [-0.25, -0.2) is 0 Å². The summed E-state index contributed by atoms with van der Waals surface area (Å²) < 4.78 is 0. The normalized spacial score (nSPS) is 22.0. The lowest BCUT2D eigenvalue weighted by Crippen LogP contribution is -2.33. The lowest BCUT2D eigenvalue weighted by atomic mass is 9.81. The van der Waals surface area contributed by atoms with Gasteiger partial charge in [-0.2, -0.15) is 0 Å². The topological polar surface area (TPSA) is 54.4 Å². The number of allylic oxidation sites excluding steroid dienone is 2. The molecular formula is C15H12O3. The molecule has 0 saturated heterocycles. The van der Waals surface area contributed by atoms with E-state index in [4.69, 9.17) is 0 Å². The number of phenols is 1. The van der Waals surface area contributed by atoms with Gasteiger partial charge < -0.3 is 5.11 Å². The van der Waals surface area contributed by atoms with Crippen LogP contribution in [-0.4, -0.2) is 16.7 Å². The standard InChI is InChI=1S/C15H12O3/c16-11-4-5-12-9(6-11)2-1-3-10-7-14(17)15(18)8-13(10)12/h1-6,10,16H,7-8H2. The van der Waals surface area contributed by atoms with Crippen LogP contribution in [0.5, 0.6) is 5.75 Å². The van der Waals surface area contributed by atoms with Crippen LogP contribution in [0.3, 0.4) is 0 Å². The Balaban J connectivity index is 2.29. The molecule has 1 N–H and O–H groups in total. The molecule has 0 radical (unpaired) electrons. The van der Waals surface area contributed by atoms with Crippen LogP contribution in [0.25, 0.3) is 11.6 Å². The number of benzene rings is 1. The highest BCUT2D eigenvalue weighted by Gasteiger charge is 2.29. The number of carbonyl (C=O) groups excluding carboxylic acids is 2. The van der Waals surface area contributed by atoms with Gasteiger partial charge in [-0.1, -0.05) is 24.3 Å². The predicted octanol–water partition coefficient (Wildman–Crippen LogP) is 0.441.